The van der Waals surface area contributed by atoms with E-state index in [-0.39, 0.29) is 0 Å². The highest BCUT2D eigenvalue weighted by Gasteiger charge is 2.26. The van der Waals surface area contributed by atoms with Crippen LogP contribution in [-0.2, 0) is 4.79 Å². The summed E-state index contributed by atoms with van der Waals surface area (Å²) in [5.74, 6) is 2.06. The van der Waals surface area contributed by atoms with Crippen LogP contribution in [0.15, 0.2) is 34.2 Å². The van der Waals surface area contributed by atoms with Crippen LogP contribution in [-0.4, -0.2) is 55.2 Å². The number of thioether (sulfide) groups is 1. The molecule has 0 aliphatic carbocycles. The number of aliphatic imine (C=N–C) groups is 1. The minimum absolute atomic E-state index is 0.304. The van der Waals surface area contributed by atoms with Gasteiger partial charge in [-0.2, -0.15) is 0 Å². The molecule has 1 aromatic carbocycles. The second kappa shape index (κ2) is 11.3. The number of likely N-dealkylation sites (tertiary alicyclic amines) is 1. The number of carbonyl (C=O) groups is 1. The van der Waals surface area contributed by atoms with Crippen molar-refractivity contribution in [1.29, 1.82) is 0 Å². The minimum Gasteiger partial charge on any atom is -0.356 e. The van der Waals surface area contributed by atoms with Crippen molar-refractivity contribution in [3.05, 3.63) is 29.3 Å². The minimum atomic E-state index is 0.304. The molecule has 2 rings (SSSR count). The molecule has 7 heteroatoms. The van der Waals surface area contributed by atoms with Crippen molar-refractivity contribution < 1.29 is 4.79 Å². The van der Waals surface area contributed by atoms with Gasteiger partial charge in [0.2, 0.25) is 5.91 Å². The molecule has 1 aliphatic heterocycles. The van der Waals surface area contributed by atoms with Gasteiger partial charge < -0.3 is 15.5 Å². The van der Waals surface area contributed by atoms with Crippen LogP contribution in [0.25, 0.3) is 0 Å². The highest BCUT2D eigenvalue weighted by molar-refractivity contribution is 7.99. The van der Waals surface area contributed by atoms with Gasteiger partial charge in [0.1, 0.15) is 0 Å². The zero-order valence-electron chi connectivity index (χ0n) is 15.6. The number of carbonyl (C=O) groups excluding carboxylic acids is 1. The Kier molecular flexibility index (Phi) is 9.12. The number of halogens is 1. The van der Waals surface area contributed by atoms with Crippen LogP contribution in [0.2, 0.25) is 5.02 Å². The highest BCUT2D eigenvalue weighted by Crippen LogP contribution is 2.19. The number of guanidine groups is 1. The van der Waals surface area contributed by atoms with Gasteiger partial charge in [0.05, 0.1) is 0 Å². The first-order valence-electron chi connectivity index (χ1n) is 9.26. The molecular formula is C19H29ClN4OS. The van der Waals surface area contributed by atoms with E-state index in [9.17, 15) is 4.79 Å². The molecule has 2 N–H and O–H groups in total. The summed E-state index contributed by atoms with van der Waals surface area (Å²) in [5, 5.41) is 7.45. The van der Waals surface area contributed by atoms with Gasteiger partial charge in [-0.05, 0) is 43.5 Å². The molecule has 1 amide bonds. The molecule has 0 spiro atoms. The highest BCUT2D eigenvalue weighted by atomic mass is 35.5. The summed E-state index contributed by atoms with van der Waals surface area (Å²) in [4.78, 5) is 19.4. The molecule has 0 radical (unpaired) electrons. The average molecular weight is 397 g/mol. The fraction of sp³-hybridized carbons (Fsp3) is 0.579. The Labute approximate surface area is 166 Å². The molecule has 144 valence electrons. The SMILES string of the molecule is CCC(CCNC(=NC)NCCSc1ccc(Cl)cc1)N1CCCC1=O. The van der Waals surface area contributed by atoms with Gasteiger partial charge in [-0.1, -0.05) is 18.5 Å². The van der Waals surface area contributed by atoms with E-state index in [1.54, 1.807) is 18.8 Å². The maximum atomic E-state index is 11.9. The molecule has 0 aromatic heterocycles. The molecule has 0 saturated carbocycles. The summed E-state index contributed by atoms with van der Waals surface area (Å²) in [6.45, 7) is 4.70. The van der Waals surface area contributed by atoms with Crippen LogP contribution in [0.3, 0.4) is 0 Å². The average Bonchev–Trinajstić information content (AvgIpc) is 3.08. The summed E-state index contributed by atoms with van der Waals surface area (Å²) < 4.78 is 0. The predicted molar refractivity (Wildman–Crippen MR) is 111 cm³/mol. The molecule has 1 atom stereocenters. The summed E-state index contributed by atoms with van der Waals surface area (Å²) in [6, 6.07) is 8.21. The van der Waals surface area contributed by atoms with E-state index in [4.69, 9.17) is 11.6 Å². The van der Waals surface area contributed by atoms with Gasteiger partial charge >= 0.3 is 0 Å². The lowest BCUT2D eigenvalue weighted by Gasteiger charge is -2.27. The topological polar surface area (TPSA) is 56.7 Å². The van der Waals surface area contributed by atoms with E-state index >= 15 is 0 Å². The van der Waals surface area contributed by atoms with Gasteiger partial charge in [-0.25, -0.2) is 0 Å². The van der Waals surface area contributed by atoms with Crippen molar-refractivity contribution in [2.24, 2.45) is 4.99 Å². The van der Waals surface area contributed by atoms with E-state index in [1.165, 1.54) is 4.90 Å². The first kappa shape index (κ1) is 20.9. The molecule has 1 aliphatic rings. The first-order valence-corrected chi connectivity index (χ1v) is 10.6. The van der Waals surface area contributed by atoms with E-state index in [0.717, 1.165) is 55.6 Å². The molecule has 1 unspecified atom stereocenters. The molecule has 1 fully saturated rings. The van der Waals surface area contributed by atoms with Crippen LogP contribution in [0.1, 0.15) is 32.6 Å². The molecule has 5 nitrogen and oxygen atoms in total. The van der Waals surface area contributed by atoms with Crippen LogP contribution in [0.5, 0.6) is 0 Å². The number of rotatable bonds is 9. The smallest absolute Gasteiger partial charge is 0.222 e. The van der Waals surface area contributed by atoms with E-state index in [0.29, 0.717) is 18.4 Å². The summed E-state index contributed by atoms with van der Waals surface area (Å²) in [5.41, 5.74) is 0. The fourth-order valence-electron chi connectivity index (χ4n) is 3.08. The number of benzene rings is 1. The summed E-state index contributed by atoms with van der Waals surface area (Å²) in [7, 11) is 1.78. The van der Waals surface area contributed by atoms with Crippen molar-refractivity contribution in [2.75, 3.05) is 32.4 Å². The number of nitrogens with one attached hydrogen (secondary N) is 2. The lowest BCUT2D eigenvalue weighted by atomic mass is 10.1. The largest absolute Gasteiger partial charge is 0.356 e. The van der Waals surface area contributed by atoms with E-state index < -0.39 is 0 Å². The lowest BCUT2D eigenvalue weighted by molar-refractivity contribution is -0.129. The van der Waals surface area contributed by atoms with Crippen molar-refractivity contribution >= 4 is 35.2 Å². The van der Waals surface area contributed by atoms with Crippen LogP contribution >= 0.6 is 23.4 Å². The van der Waals surface area contributed by atoms with Crippen LogP contribution in [0, 0.1) is 0 Å². The van der Waals surface area contributed by atoms with E-state index in [1.807, 2.05) is 29.2 Å². The summed E-state index contributed by atoms with van der Waals surface area (Å²) in [6.07, 6.45) is 3.65. The van der Waals surface area contributed by atoms with Crippen LogP contribution < -0.4 is 10.6 Å². The van der Waals surface area contributed by atoms with Crippen molar-refractivity contribution in [3.63, 3.8) is 0 Å². The third-order valence-corrected chi connectivity index (χ3v) is 5.76. The Morgan fingerprint density at radius 3 is 2.65 bits per heavy atom. The first-order chi connectivity index (χ1) is 12.6. The standard InChI is InChI=1S/C19H29ClN4OS/c1-3-16(24-13-4-5-18(24)25)10-11-22-19(21-2)23-12-14-26-17-8-6-15(20)7-9-17/h6-9,16H,3-5,10-14H2,1-2H3,(H2,21,22,23). The molecule has 1 saturated heterocycles. The maximum Gasteiger partial charge on any atom is 0.222 e. The second-order valence-electron chi connectivity index (χ2n) is 6.27. The Morgan fingerprint density at radius 2 is 2.04 bits per heavy atom. The third-order valence-electron chi connectivity index (χ3n) is 4.49. The number of hydrogen-bond donors (Lipinski definition) is 2. The molecule has 1 heterocycles. The quantitative estimate of drug-likeness (QED) is 0.291. The van der Waals surface area contributed by atoms with Crippen molar-refractivity contribution in [1.82, 2.24) is 15.5 Å². The number of hydrogen-bond acceptors (Lipinski definition) is 3. The van der Waals surface area contributed by atoms with Crippen LogP contribution in [0.4, 0.5) is 0 Å². The van der Waals surface area contributed by atoms with Gasteiger partial charge in [-0.3, -0.25) is 9.79 Å². The van der Waals surface area contributed by atoms with Crippen molar-refractivity contribution in [2.45, 2.75) is 43.5 Å². The number of amides is 1. The molecular weight excluding hydrogens is 368 g/mol. The zero-order chi connectivity index (χ0) is 18.8. The number of nitrogens with zero attached hydrogens (tertiary/aromatic N) is 2. The Hall–Kier alpha value is -1.40. The van der Waals surface area contributed by atoms with Gasteiger partial charge in [-0.15, -0.1) is 11.8 Å². The Morgan fingerprint density at radius 1 is 1.31 bits per heavy atom. The molecule has 26 heavy (non-hydrogen) atoms. The monoisotopic (exact) mass is 396 g/mol. The van der Waals surface area contributed by atoms with Crippen molar-refractivity contribution in [3.8, 4) is 0 Å². The predicted octanol–water partition coefficient (Wildman–Crippen LogP) is 3.39. The molecule has 0 bridgehead atoms. The lowest BCUT2D eigenvalue weighted by Crippen LogP contribution is -2.42. The van der Waals surface area contributed by atoms with Gasteiger partial charge in [0, 0.05) is 54.8 Å². The maximum absolute atomic E-state index is 11.9. The summed E-state index contributed by atoms with van der Waals surface area (Å²) >= 11 is 7.68. The third kappa shape index (κ3) is 6.72. The van der Waals surface area contributed by atoms with Gasteiger partial charge in [0.15, 0.2) is 5.96 Å². The Balaban J connectivity index is 1.64. The molecule has 1 aromatic rings. The Bertz CT molecular complexity index is 594. The fourth-order valence-corrected chi connectivity index (χ4v) is 3.98. The normalized spacial score (nSPS) is 16.0. The van der Waals surface area contributed by atoms with E-state index in [2.05, 4.69) is 22.5 Å². The van der Waals surface area contributed by atoms with Gasteiger partial charge in [0.25, 0.3) is 0 Å². The zero-order valence-corrected chi connectivity index (χ0v) is 17.2. The second-order valence-corrected chi connectivity index (χ2v) is 7.87.